The third-order valence-corrected chi connectivity index (χ3v) is 5.55. The minimum atomic E-state index is -0.0568. The number of amides is 2. The Bertz CT molecular complexity index is 835. The van der Waals surface area contributed by atoms with Gasteiger partial charge < -0.3 is 9.80 Å². The first-order chi connectivity index (χ1) is 13.2. The molecule has 1 fully saturated rings. The molecule has 1 aromatic heterocycles. The third kappa shape index (κ3) is 3.87. The van der Waals surface area contributed by atoms with Crippen molar-refractivity contribution in [2.24, 2.45) is 0 Å². The van der Waals surface area contributed by atoms with Crippen molar-refractivity contribution >= 4 is 11.8 Å². The van der Waals surface area contributed by atoms with Crippen LogP contribution in [-0.4, -0.2) is 52.8 Å². The third-order valence-electron chi connectivity index (χ3n) is 5.55. The van der Waals surface area contributed by atoms with Crippen molar-refractivity contribution in [3.63, 3.8) is 0 Å². The molecule has 2 amide bonds. The minimum Gasteiger partial charge on any atom is -0.337 e. The van der Waals surface area contributed by atoms with Gasteiger partial charge in [0.2, 0.25) is 0 Å². The summed E-state index contributed by atoms with van der Waals surface area (Å²) in [6, 6.07) is 11.5. The smallest absolute Gasteiger partial charge is 0.272 e. The van der Waals surface area contributed by atoms with E-state index in [0.717, 1.165) is 24.8 Å². The van der Waals surface area contributed by atoms with Crippen LogP contribution in [0, 0.1) is 0 Å². The fourth-order valence-electron chi connectivity index (χ4n) is 4.02. The highest BCUT2D eigenvalue weighted by Crippen LogP contribution is 2.23. The topological polar surface area (TPSA) is 53.5 Å². The number of benzene rings is 1. The lowest BCUT2D eigenvalue weighted by Gasteiger charge is -2.23. The Kier molecular flexibility index (Phi) is 5.19. The molecule has 1 aliphatic heterocycles. The summed E-state index contributed by atoms with van der Waals surface area (Å²) in [5.41, 5.74) is 3.96. The number of carbonyl (C=O) groups excluding carboxylic acids is 2. The molecule has 2 aromatic rings. The number of carbonyl (C=O) groups is 2. The minimum absolute atomic E-state index is 0.0568. The van der Waals surface area contributed by atoms with Gasteiger partial charge in [-0.15, -0.1) is 0 Å². The maximum Gasteiger partial charge on any atom is 0.272 e. The summed E-state index contributed by atoms with van der Waals surface area (Å²) in [7, 11) is 0. The van der Waals surface area contributed by atoms with Crippen molar-refractivity contribution in [2.45, 2.75) is 32.1 Å². The van der Waals surface area contributed by atoms with Crippen LogP contribution in [0.5, 0.6) is 0 Å². The summed E-state index contributed by atoms with van der Waals surface area (Å²) in [4.78, 5) is 33.5. The molecule has 1 saturated heterocycles. The fraction of sp³-hybridized carbons (Fsp3) is 0.409. The lowest BCUT2D eigenvalue weighted by Crippen LogP contribution is -2.37. The summed E-state index contributed by atoms with van der Waals surface area (Å²) < 4.78 is 0. The zero-order chi connectivity index (χ0) is 18.6. The molecule has 4 rings (SSSR count). The summed E-state index contributed by atoms with van der Waals surface area (Å²) >= 11 is 0. The Balaban J connectivity index is 1.43. The molecule has 140 valence electrons. The standard InChI is InChI=1S/C22H25N3O2/c26-21(19-10-9-17-6-1-2-7-18(17)16-19)24-12-5-13-25(15-14-24)22(27)20-8-3-4-11-23-20/h3-4,8-11,16H,1-2,5-7,12-15H2. The van der Waals surface area contributed by atoms with Crippen molar-refractivity contribution < 1.29 is 9.59 Å². The van der Waals surface area contributed by atoms with Crippen molar-refractivity contribution in [1.29, 1.82) is 0 Å². The molecule has 0 radical (unpaired) electrons. The van der Waals surface area contributed by atoms with Crippen LogP contribution in [0.25, 0.3) is 0 Å². The van der Waals surface area contributed by atoms with Crippen LogP contribution in [0.4, 0.5) is 0 Å². The fourth-order valence-corrected chi connectivity index (χ4v) is 4.02. The first kappa shape index (κ1) is 17.7. The second kappa shape index (κ2) is 7.91. The van der Waals surface area contributed by atoms with Crippen LogP contribution in [0.15, 0.2) is 42.6 Å². The van der Waals surface area contributed by atoms with Gasteiger partial charge in [0.25, 0.3) is 11.8 Å². The molecule has 2 heterocycles. The molecule has 27 heavy (non-hydrogen) atoms. The van der Waals surface area contributed by atoms with Crippen molar-refractivity contribution in [3.8, 4) is 0 Å². The normalized spacial score (nSPS) is 17.2. The summed E-state index contributed by atoms with van der Waals surface area (Å²) in [5.74, 6) is 0.0224. The molecule has 1 aromatic carbocycles. The Hall–Kier alpha value is -2.69. The highest BCUT2D eigenvalue weighted by atomic mass is 16.2. The van der Waals surface area contributed by atoms with Gasteiger partial charge in [-0.1, -0.05) is 12.1 Å². The molecule has 1 aliphatic carbocycles. The maximum atomic E-state index is 13.0. The largest absolute Gasteiger partial charge is 0.337 e. The van der Waals surface area contributed by atoms with E-state index < -0.39 is 0 Å². The van der Waals surface area contributed by atoms with Gasteiger partial charge in [-0.2, -0.15) is 0 Å². The van der Waals surface area contributed by atoms with E-state index in [1.165, 1.54) is 24.0 Å². The average Bonchev–Trinajstić information content (AvgIpc) is 2.99. The number of hydrogen-bond donors (Lipinski definition) is 0. The lowest BCUT2D eigenvalue weighted by molar-refractivity contribution is 0.0715. The number of pyridine rings is 1. The number of hydrogen-bond acceptors (Lipinski definition) is 3. The van der Waals surface area contributed by atoms with E-state index in [4.69, 9.17) is 0 Å². The van der Waals surface area contributed by atoms with Gasteiger partial charge >= 0.3 is 0 Å². The first-order valence-corrected chi connectivity index (χ1v) is 9.84. The molecule has 0 N–H and O–H groups in total. The number of fused-ring (bicyclic) bond motifs is 1. The highest BCUT2D eigenvalue weighted by Gasteiger charge is 2.24. The molecular weight excluding hydrogens is 338 g/mol. The molecule has 5 heteroatoms. The van der Waals surface area contributed by atoms with E-state index in [1.807, 2.05) is 21.9 Å². The van der Waals surface area contributed by atoms with Crippen molar-refractivity contribution in [2.75, 3.05) is 26.2 Å². The number of aryl methyl sites for hydroxylation is 2. The molecule has 0 bridgehead atoms. The van der Waals surface area contributed by atoms with E-state index in [9.17, 15) is 9.59 Å². The monoisotopic (exact) mass is 363 g/mol. The van der Waals surface area contributed by atoms with E-state index in [-0.39, 0.29) is 11.8 Å². The summed E-state index contributed by atoms with van der Waals surface area (Å²) in [6.07, 6.45) is 7.07. The van der Waals surface area contributed by atoms with Gasteiger partial charge in [-0.25, -0.2) is 0 Å². The molecule has 0 spiro atoms. The second-order valence-electron chi connectivity index (χ2n) is 7.34. The molecular formula is C22H25N3O2. The first-order valence-electron chi connectivity index (χ1n) is 9.84. The van der Waals surface area contributed by atoms with Crippen molar-refractivity contribution in [3.05, 3.63) is 65.0 Å². The van der Waals surface area contributed by atoms with Gasteiger partial charge in [0.15, 0.2) is 0 Å². The SMILES string of the molecule is O=C(c1ccc2c(c1)CCCC2)N1CCCN(C(=O)c2ccccn2)CC1. The number of aromatic nitrogens is 1. The van der Waals surface area contributed by atoms with Gasteiger partial charge in [-0.3, -0.25) is 14.6 Å². The van der Waals surface area contributed by atoms with Crippen LogP contribution in [-0.2, 0) is 12.8 Å². The summed E-state index contributed by atoms with van der Waals surface area (Å²) in [5, 5.41) is 0. The van der Waals surface area contributed by atoms with Gasteiger partial charge in [0, 0.05) is 37.9 Å². The molecule has 0 saturated carbocycles. The lowest BCUT2D eigenvalue weighted by atomic mass is 9.90. The maximum absolute atomic E-state index is 13.0. The predicted octanol–water partition coefficient (Wildman–Crippen LogP) is 2.95. The van der Waals surface area contributed by atoms with Gasteiger partial charge in [0.05, 0.1) is 0 Å². The van der Waals surface area contributed by atoms with Crippen LogP contribution < -0.4 is 0 Å². The highest BCUT2D eigenvalue weighted by molar-refractivity contribution is 5.95. The van der Waals surface area contributed by atoms with E-state index in [0.29, 0.717) is 31.9 Å². The molecule has 5 nitrogen and oxygen atoms in total. The molecule has 0 unspecified atom stereocenters. The van der Waals surface area contributed by atoms with Crippen LogP contribution in [0.1, 0.15) is 51.2 Å². The quantitative estimate of drug-likeness (QED) is 0.824. The summed E-state index contributed by atoms with van der Waals surface area (Å²) in [6.45, 7) is 2.45. The zero-order valence-electron chi connectivity index (χ0n) is 15.6. The van der Waals surface area contributed by atoms with E-state index >= 15 is 0 Å². The molecule has 0 atom stereocenters. The van der Waals surface area contributed by atoms with Crippen LogP contribution in [0.3, 0.4) is 0 Å². The van der Waals surface area contributed by atoms with Crippen LogP contribution >= 0.6 is 0 Å². The Morgan fingerprint density at radius 2 is 1.52 bits per heavy atom. The average molecular weight is 363 g/mol. The Morgan fingerprint density at radius 1 is 0.778 bits per heavy atom. The van der Waals surface area contributed by atoms with Crippen molar-refractivity contribution in [1.82, 2.24) is 14.8 Å². The number of nitrogens with zero attached hydrogens (tertiary/aromatic N) is 3. The van der Waals surface area contributed by atoms with E-state index in [2.05, 4.69) is 17.1 Å². The van der Waals surface area contributed by atoms with E-state index in [1.54, 1.807) is 18.3 Å². The zero-order valence-corrected chi connectivity index (χ0v) is 15.6. The Morgan fingerprint density at radius 3 is 2.26 bits per heavy atom. The predicted molar refractivity (Wildman–Crippen MR) is 104 cm³/mol. The van der Waals surface area contributed by atoms with Crippen LogP contribution in [0.2, 0.25) is 0 Å². The molecule has 2 aliphatic rings. The number of rotatable bonds is 2. The van der Waals surface area contributed by atoms with Gasteiger partial charge in [-0.05, 0) is 67.5 Å². The second-order valence-corrected chi connectivity index (χ2v) is 7.34. The Labute approximate surface area is 160 Å². The van der Waals surface area contributed by atoms with Gasteiger partial charge in [0.1, 0.15) is 5.69 Å².